The van der Waals surface area contributed by atoms with E-state index in [4.69, 9.17) is 0 Å². The molecular formula is C23H28N4O3S. The van der Waals surface area contributed by atoms with Crippen LogP contribution in [0.4, 0.5) is 5.69 Å². The number of hydrogen-bond donors (Lipinski definition) is 2. The molecule has 4 rings (SSSR count). The number of fused-ring (bicyclic) bond motifs is 1. The van der Waals surface area contributed by atoms with Gasteiger partial charge >= 0.3 is 0 Å². The van der Waals surface area contributed by atoms with Crippen LogP contribution in [0.5, 0.6) is 0 Å². The molecule has 1 aromatic heterocycles. The molecule has 0 spiro atoms. The average molecular weight is 441 g/mol. The van der Waals surface area contributed by atoms with Gasteiger partial charge in [-0.25, -0.2) is 8.42 Å². The lowest BCUT2D eigenvalue weighted by atomic mass is 10.1. The van der Waals surface area contributed by atoms with Crippen molar-refractivity contribution in [3.05, 3.63) is 59.3 Å². The molecule has 2 heterocycles. The molecule has 1 amide bonds. The summed E-state index contributed by atoms with van der Waals surface area (Å²) in [5, 5.41) is 3.82. The highest BCUT2D eigenvalue weighted by atomic mass is 32.2. The van der Waals surface area contributed by atoms with Gasteiger partial charge in [-0.05, 0) is 61.9 Å². The van der Waals surface area contributed by atoms with E-state index in [1.807, 2.05) is 26.0 Å². The van der Waals surface area contributed by atoms with Gasteiger partial charge in [-0.3, -0.25) is 4.79 Å². The molecule has 2 aromatic carbocycles. The van der Waals surface area contributed by atoms with Crippen LogP contribution in [0.2, 0.25) is 0 Å². The molecule has 1 aliphatic heterocycles. The fraction of sp³-hybridized carbons (Fsp3) is 0.348. The van der Waals surface area contributed by atoms with Gasteiger partial charge in [0.05, 0.1) is 4.90 Å². The molecule has 0 radical (unpaired) electrons. The van der Waals surface area contributed by atoms with Crippen molar-refractivity contribution in [3.63, 3.8) is 0 Å². The molecule has 7 nitrogen and oxygen atoms in total. The average Bonchev–Trinajstić information content (AvgIpc) is 3.18. The first-order chi connectivity index (χ1) is 14.8. The summed E-state index contributed by atoms with van der Waals surface area (Å²) in [7, 11) is -3.60. The number of piperazine rings is 1. The molecule has 0 atom stereocenters. The molecule has 8 heteroatoms. The Balaban J connectivity index is 1.53. The number of rotatable bonds is 5. The monoisotopic (exact) mass is 440 g/mol. The van der Waals surface area contributed by atoms with Crippen molar-refractivity contribution in [1.82, 2.24) is 14.2 Å². The normalized spacial score (nSPS) is 16.0. The zero-order chi connectivity index (χ0) is 22.2. The predicted molar refractivity (Wildman–Crippen MR) is 123 cm³/mol. The van der Waals surface area contributed by atoms with Crippen LogP contribution in [0.15, 0.2) is 47.4 Å². The molecule has 31 heavy (non-hydrogen) atoms. The van der Waals surface area contributed by atoms with Crippen molar-refractivity contribution in [2.75, 3.05) is 38.0 Å². The minimum absolute atomic E-state index is 0.193. The first-order valence-electron chi connectivity index (χ1n) is 10.5. The lowest BCUT2D eigenvalue weighted by Crippen LogP contribution is -2.48. The summed E-state index contributed by atoms with van der Waals surface area (Å²) in [4.78, 5) is 18.4. The maximum Gasteiger partial charge on any atom is 0.272 e. The number of aromatic nitrogens is 1. The van der Waals surface area contributed by atoms with Gasteiger partial charge in [-0.15, -0.1) is 0 Å². The van der Waals surface area contributed by atoms with Crippen LogP contribution in [0, 0.1) is 13.8 Å². The molecule has 1 fully saturated rings. The van der Waals surface area contributed by atoms with Gasteiger partial charge in [0.25, 0.3) is 5.91 Å². The minimum atomic E-state index is -3.60. The fourth-order valence-electron chi connectivity index (χ4n) is 4.09. The number of amides is 1. The Labute approximate surface area is 183 Å². The Hall–Kier alpha value is -2.68. The lowest BCUT2D eigenvalue weighted by molar-refractivity contribution is 0.102. The summed E-state index contributed by atoms with van der Waals surface area (Å²) in [6.45, 7) is 9.42. The van der Waals surface area contributed by atoms with E-state index in [0.29, 0.717) is 24.5 Å². The molecular weight excluding hydrogens is 412 g/mol. The van der Waals surface area contributed by atoms with Crippen molar-refractivity contribution in [3.8, 4) is 0 Å². The van der Waals surface area contributed by atoms with Crippen LogP contribution in [0.3, 0.4) is 0 Å². The van der Waals surface area contributed by atoms with E-state index >= 15 is 0 Å². The quantitative estimate of drug-likeness (QED) is 0.637. The largest absolute Gasteiger partial charge is 0.351 e. The summed E-state index contributed by atoms with van der Waals surface area (Å²) in [5.41, 5.74) is 4.01. The number of nitrogens with zero attached hydrogens (tertiary/aromatic N) is 2. The summed E-state index contributed by atoms with van der Waals surface area (Å²) in [6.07, 6.45) is 0. The Morgan fingerprint density at radius 2 is 1.81 bits per heavy atom. The molecule has 2 N–H and O–H groups in total. The summed E-state index contributed by atoms with van der Waals surface area (Å²) in [6, 6.07) is 12.4. The van der Waals surface area contributed by atoms with E-state index in [9.17, 15) is 13.2 Å². The Kier molecular flexibility index (Phi) is 5.88. The van der Waals surface area contributed by atoms with Crippen molar-refractivity contribution in [2.24, 2.45) is 0 Å². The number of nitrogens with one attached hydrogen (secondary N) is 2. The maximum absolute atomic E-state index is 13.1. The van der Waals surface area contributed by atoms with Crippen molar-refractivity contribution >= 4 is 32.5 Å². The summed E-state index contributed by atoms with van der Waals surface area (Å²) < 4.78 is 27.6. The van der Waals surface area contributed by atoms with E-state index in [0.717, 1.165) is 41.7 Å². The van der Waals surface area contributed by atoms with E-state index < -0.39 is 10.0 Å². The summed E-state index contributed by atoms with van der Waals surface area (Å²) >= 11 is 0. The molecule has 1 aliphatic rings. The topological polar surface area (TPSA) is 85.5 Å². The highest BCUT2D eigenvalue weighted by molar-refractivity contribution is 7.89. The fourth-order valence-corrected chi connectivity index (χ4v) is 5.56. The number of aryl methyl sites for hydroxylation is 2. The number of carbonyl (C=O) groups excluding carboxylic acids is 1. The first kappa shape index (κ1) is 21.5. The lowest BCUT2D eigenvalue weighted by Gasteiger charge is -2.33. The zero-order valence-corrected chi connectivity index (χ0v) is 18.9. The number of H-pyrrole nitrogens is 1. The van der Waals surface area contributed by atoms with Gasteiger partial charge in [0.1, 0.15) is 5.69 Å². The molecule has 1 saturated heterocycles. The molecule has 3 aromatic rings. The second-order valence-electron chi connectivity index (χ2n) is 8.05. The van der Waals surface area contributed by atoms with Crippen molar-refractivity contribution in [1.29, 1.82) is 0 Å². The third-order valence-electron chi connectivity index (χ3n) is 5.84. The van der Waals surface area contributed by atoms with Crippen LogP contribution in [0.25, 0.3) is 10.9 Å². The third-order valence-corrected chi connectivity index (χ3v) is 7.74. The Morgan fingerprint density at radius 1 is 1.06 bits per heavy atom. The van der Waals surface area contributed by atoms with Crippen LogP contribution in [-0.4, -0.2) is 61.2 Å². The van der Waals surface area contributed by atoms with Crippen molar-refractivity contribution < 1.29 is 13.2 Å². The highest BCUT2D eigenvalue weighted by Crippen LogP contribution is 2.24. The van der Waals surface area contributed by atoms with E-state index in [2.05, 4.69) is 28.2 Å². The van der Waals surface area contributed by atoms with Gasteiger partial charge in [-0.2, -0.15) is 4.31 Å². The standard InChI is InChI=1S/C23H28N4O3S/c1-4-26-8-10-27(11-9-26)31(29,30)19-7-5-6-18(14-19)24-23(28)22-15-20-17(3)12-16(2)13-21(20)25-22/h5-7,12-15,25H,4,8-11H2,1-3H3,(H,24,28). The van der Waals surface area contributed by atoms with Crippen LogP contribution < -0.4 is 5.32 Å². The number of anilines is 1. The molecule has 164 valence electrons. The molecule has 0 unspecified atom stereocenters. The van der Waals surface area contributed by atoms with Crippen LogP contribution in [-0.2, 0) is 10.0 Å². The van der Waals surface area contributed by atoms with Gasteiger partial charge < -0.3 is 15.2 Å². The molecule has 0 bridgehead atoms. The van der Waals surface area contributed by atoms with Crippen LogP contribution >= 0.6 is 0 Å². The number of carbonyl (C=O) groups is 1. The Morgan fingerprint density at radius 3 is 2.52 bits per heavy atom. The second-order valence-corrected chi connectivity index (χ2v) is 9.98. The van der Waals surface area contributed by atoms with Gasteiger partial charge in [0, 0.05) is 42.8 Å². The summed E-state index contributed by atoms with van der Waals surface area (Å²) in [5.74, 6) is -0.306. The van der Waals surface area contributed by atoms with Crippen LogP contribution in [0.1, 0.15) is 28.5 Å². The number of hydrogen-bond acceptors (Lipinski definition) is 4. The maximum atomic E-state index is 13.1. The SMILES string of the molecule is CCN1CCN(S(=O)(=O)c2cccc(NC(=O)c3cc4c(C)cc(C)cc4[nH]3)c2)CC1. The van der Waals surface area contributed by atoms with E-state index in [1.165, 1.54) is 10.4 Å². The minimum Gasteiger partial charge on any atom is -0.351 e. The van der Waals surface area contributed by atoms with Crippen molar-refractivity contribution in [2.45, 2.75) is 25.7 Å². The van der Waals surface area contributed by atoms with E-state index in [-0.39, 0.29) is 10.8 Å². The van der Waals surface area contributed by atoms with Gasteiger partial charge in [0.15, 0.2) is 0 Å². The van der Waals surface area contributed by atoms with E-state index in [1.54, 1.807) is 18.2 Å². The van der Waals surface area contributed by atoms with Gasteiger partial charge in [0.2, 0.25) is 10.0 Å². The molecule has 0 saturated carbocycles. The number of likely N-dealkylation sites (N-methyl/N-ethyl adjacent to an activating group) is 1. The number of aromatic amines is 1. The highest BCUT2D eigenvalue weighted by Gasteiger charge is 2.28. The predicted octanol–water partition coefficient (Wildman–Crippen LogP) is 3.36. The van der Waals surface area contributed by atoms with Gasteiger partial charge in [-0.1, -0.05) is 19.1 Å². The first-order valence-corrected chi connectivity index (χ1v) is 12.0. The zero-order valence-electron chi connectivity index (χ0n) is 18.1. The Bertz CT molecular complexity index is 1220. The number of benzene rings is 2. The smallest absolute Gasteiger partial charge is 0.272 e. The third kappa shape index (κ3) is 4.37. The number of sulfonamides is 1. The molecule has 0 aliphatic carbocycles. The second kappa shape index (κ2) is 8.45.